The average molecular weight is 396 g/mol. The topological polar surface area (TPSA) is 77.1 Å². The number of imidazole rings is 1. The van der Waals surface area contributed by atoms with Gasteiger partial charge in [-0.2, -0.15) is 8.78 Å². The Morgan fingerprint density at radius 2 is 2.15 bits per heavy atom. The Hall–Kier alpha value is -2.81. The van der Waals surface area contributed by atoms with Crippen molar-refractivity contribution in [1.29, 1.82) is 0 Å². The normalized spacial score (nSPS) is 11.2. The van der Waals surface area contributed by atoms with E-state index in [1.807, 2.05) is 0 Å². The zero-order valence-corrected chi connectivity index (χ0v) is 15.3. The van der Waals surface area contributed by atoms with Gasteiger partial charge in [0, 0.05) is 30.4 Å². The Labute approximate surface area is 158 Å². The molecule has 0 bridgehead atoms. The van der Waals surface area contributed by atoms with E-state index < -0.39 is 12.3 Å². The van der Waals surface area contributed by atoms with Gasteiger partial charge in [0.1, 0.15) is 11.5 Å². The maximum Gasteiger partial charge on any atom is 0.314 e. The summed E-state index contributed by atoms with van der Waals surface area (Å²) in [7, 11) is 1.72. The maximum atomic E-state index is 12.6. The number of hydrogen-bond donors (Lipinski definition) is 0. The predicted molar refractivity (Wildman–Crippen MR) is 94.4 cm³/mol. The number of amides is 1. The molecule has 2 heterocycles. The fraction of sp³-hybridized carbons (Fsp3) is 0.294. The Morgan fingerprint density at radius 3 is 2.78 bits per heavy atom. The maximum absolute atomic E-state index is 12.6. The molecule has 10 heteroatoms. The second-order valence-corrected chi connectivity index (χ2v) is 6.15. The van der Waals surface area contributed by atoms with Crippen molar-refractivity contribution in [3.8, 4) is 11.6 Å². The van der Waals surface area contributed by atoms with Crippen molar-refractivity contribution in [1.82, 2.24) is 19.7 Å². The van der Waals surface area contributed by atoms with Crippen molar-refractivity contribution in [2.24, 2.45) is 7.05 Å². The van der Waals surface area contributed by atoms with Crippen LogP contribution in [0.1, 0.15) is 31.5 Å². The third-order valence-corrected chi connectivity index (χ3v) is 4.08. The summed E-state index contributed by atoms with van der Waals surface area (Å²) in [5.41, 5.74) is 0.888. The molecule has 142 valence electrons. The first-order valence-corrected chi connectivity index (χ1v) is 8.47. The molecule has 27 heavy (non-hydrogen) atoms. The van der Waals surface area contributed by atoms with Crippen molar-refractivity contribution in [3.63, 3.8) is 0 Å². The number of rotatable bonds is 6. The van der Waals surface area contributed by atoms with Gasteiger partial charge in [0.2, 0.25) is 5.91 Å². The lowest BCUT2D eigenvalue weighted by atomic mass is 10.2. The summed E-state index contributed by atoms with van der Waals surface area (Å²) in [6, 6.07) is 6.93. The van der Waals surface area contributed by atoms with Crippen LogP contribution in [0.15, 0.2) is 34.9 Å². The Balaban J connectivity index is 1.90. The van der Waals surface area contributed by atoms with Crippen LogP contribution in [0.3, 0.4) is 0 Å². The van der Waals surface area contributed by atoms with Crippen molar-refractivity contribution >= 4 is 23.2 Å². The molecule has 1 amide bonds. The molecule has 0 radical (unpaired) electrons. The molecule has 0 aliphatic heterocycles. The number of halogens is 3. The second kappa shape index (κ2) is 7.83. The Bertz CT molecular complexity index is 956. The molecule has 1 aromatic carbocycles. The van der Waals surface area contributed by atoms with E-state index in [1.54, 1.807) is 53.9 Å². The third kappa shape index (κ3) is 4.13. The highest BCUT2D eigenvalue weighted by atomic mass is 35.5. The molecular weight excluding hydrogens is 380 g/mol. The minimum Gasteiger partial charge on any atom is -0.414 e. The highest BCUT2D eigenvalue weighted by Crippen LogP contribution is 2.25. The lowest BCUT2D eigenvalue weighted by Gasteiger charge is -2.22. The number of anilines is 1. The first-order chi connectivity index (χ1) is 12.9. The van der Waals surface area contributed by atoms with Crippen LogP contribution >= 0.6 is 11.6 Å². The van der Waals surface area contributed by atoms with Crippen LogP contribution in [0.25, 0.3) is 11.6 Å². The van der Waals surface area contributed by atoms with Gasteiger partial charge in [-0.3, -0.25) is 4.79 Å². The molecule has 3 rings (SSSR count). The molecule has 0 aliphatic carbocycles. The number of hydrogen-bond acceptors (Lipinski definition) is 5. The first kappa shape index (κ1) is 19.0. The number of carbonyl (C=O) groups is 1. The summed E-state index contributed by atoms with van der Waals surface area (Å²) >= 11 is 6.04. The van der Waals surface area contributed by atoms with Crippen LogP contribution in [-0.4, -0.2) is 25.7 Å². The number of alkyl halides is 2. The van der Waals surface area contributed by atoms with E-state index in [0.717, 1.165) is 0 Å². The zero-order valence-electron chi connectivity index (χ0n) is 14.6. The Morgan fingerprint density at radius 1 is 1.37 bits per heavy atom. The van der Waals surface area contributed by atoms with Gasteiger partial charge >= 0.3 is 6.43 Å². The lowest BCUT2D eigenvalue weighted by molar-refractivity contribution is -0.118. The van der Waals surface area contributed by atoms with E-state index in [4.69, 9.17) is 16.0 Å². The molecule has 0 saturated carbocycles. The fourth-order valence-electron chi connectivity index (χ4n) is 2.48. The van der Waals surface area contributed by atoms with Gasteiger partial charge < -0.3 is 13.9 Å². The standard InChI is InChI=1S/C17H16ClF2N5O2/c1-3-14(26)25(11-6-4-5-10(18)7-11)9-13-21-12(8-24(13)2)16-22-23-17(27-16)15(19)20/h4-8,15H,3,9H2,1-2H3. The number of aromatic nitrogens is 4. The van der Waals surface area contributed by atoms with E-state index in [-0.39, 0.29) is 24.0 Å². The number of aryl methyl sites for hydroxylation is 1. The molecule has 0 N–H and O–H groups in total. The zero-order chi connectivity index (χ0) is 19.6. The van der Waals surface area contributed by atoms with Crippen LogP contribution in [-0.2, 0) is 18.4 Å². The molecule has 2 aromatic heterocycles. The van der Waals surface area contributed by atoms with Gasteiger partial charge in [-0.05, 0) is 18.2 Å². The first-order valence-electron chi connectivity index (χ1n) is 8.09. The highest BCUT2D eigenvalue weighted by molar-refractivity contribution is 6.30. The van der Waals surface area contributed by atoms with Gasteiger partial charge in [0.25, 0.3) is 11.8 Å². The molecule has 0 spiro atoms. The van der Waals surface area contributed by atoms with E-state index in [2.05, 4.69) is 15.2 Å². The summed E-state index contributed by atoms with van der Waals surface area (Å²) in [5, 5.41) is 7.39. The third-order valence-electron chi connectivity index (χ3n) is 3.84. The van der Waals surface area contributed by atoms with Crippen LogP contribution in [0.4, 0.5) is 14.5 Å². The van der Waals surface area contributed by atoms with Gasteiger partial charge in [-0.25, -0.2) is 4.98 Å². The number of benzene rings is 1. The highest BCUT2D eigenvalue weighted by Gasteiger charge is 2.21. The summed E-state index contributed by atoms with van der Waals surface area (Å²) in [6.07, 6.45) is -0.981. The van der Waals surface area contributed by atoms with E-state index in [1.165, 1.54) is 0 Å². The van der Waals surface area contributed by atoms with Crippen LogP contribution in [0, 0.1) is 0 Å². The predicted octanol–water partition coefficient (Wildman–Crippen LogP) is 4.00. The van der Waals surface area contributed by atoms with Crippen molar-refractivity contribution < 1.29 is 18.0 Å². The van der Waals surface area contributed by atoms with Crippen molar-refractivity contribution in [2.45, 2.75) is 26.3 Å². The minimum atomic E-state index is -2.85. The monoisotopic (exact) mass is 395 g/mol. The number of nitrogens with zero attached hydrogens (tertiary/aromatic N) is 5. The van der Waals surface area contributed by atoms with Crippen LogP contribution in [0.5, 0.6) is 0 Å². The van der Waals surface area contributed by atoms with Crippen molar-refractivity contribution in [3.05, 3.63) is 47.2 Å². The summed E-state index contributed by atoms with van der Waals surface area (Å²) < 4.78 is 31.8. The SMILES string of the molecule is CCC(=O)N(Cc1nc(-c2nnc(C(F)F)o2)cn1C)c1cccc(Cl)c1. The van der Waals surface area contributed by atoms with Crippen molar-refractivity contribution in [2.75, 3.05) is 4.90 Å². The van der Waals surface area contributed by atoms with Gasteiger partial charge in [0.05, 0.1) is 6.54 Å². The van der Waals surface area contributed by atoms with E-state index in [9.17, 15) is 13.6 Å². The summed E-state index contributed by atoms with van der Waals surface area (Å²) in [4.78, 5) is 18.3. The summed E-state index contributed by atoms with van der Waals surface area (Å²) in [6.45, 7) is 1.92. The van der Waals surface area contributed by atoms with E-state index >= 15 is 0 Å². The van der Waals surface area contributed by atoms with E-state index in [0.29, 0.717) is 23.0 Å². The van der Waals surface area contributed by atoms with Gasteiger partial charge in [0.15, 0.2) is 0 Å². The molecule has 0 unspecified atom stereocenters. The quantitative estimate of drug-likeness (QED) is 0.630. The van der Waals surface area contributed by atoms with Crippen LogP contribution in [0.2, 0.25) is 5.02 Å². The average Bonchev–Trinajstić information content (AvgIpc) is 3.26. The Kier molecular flexibility index (Phi) is 5.50. The molecule has 0 fully saturated rings. The summed E-state index contributed by atoms with van der Waals surface area (Å²) in [5.74, 6) is -0.467. The molecule has 0 atom stereocenters. The minimum absolute atomic E-state index is 0.108. The van der Waals surface area contributed by atoms with Gasteiger partial charge in [-0.15, -0.1) is 10.2 Å². The fourth-order valence-corrected chi connectivity index (χ4v) is 2.67. The lowest BCUT2D eigenvalue weighted by Crippen LogP contribution is -2.30. The molecule has 3 aromatic rings. The molecule has 0 aliphatic rings. The molecule has 7 nitrogen and oxygen atoms in total. The van der Waals surface area contributed by atoms with Gasteiger partial charge in [-0.1, -0.05) is 24.6 Å². The smallest absolute Gasteiger partial charge is 0.314 e. The second-order valence-electron chi connectivity index (χ2n) is 5.71. The molecular formula is C17H16ClF2N5O2. The number of carbonyl (C=O) groups excluding carboxylic acids is 1. The van der Waals surface area contributed by atoms with Crippen LogP contribution < -0.4 is 4.90 Å². The molecule has 0 saturated heterocycles. The largest absolute Gasteiger partial charge is 0.414 e.